The van der Waals surface area contributed by atoms with E-state index in [-0.39, 0.29) is 29.1 Å². The van der Waals surface area contributed by atoms with E-state index in [1.165, 1.54) is 6.07 Å². The Balaban J connectivity index is 3.13. The Bertz CT molecular complexity index is 348. The second kappa shape index (κ2) is 4.17. The van der Waals surface area contributed by atoms with Crippen molar-refractivity contribution in [3.05, 3.63) is 29.3 Å². The van der Waals surface area contributed by atoms with Gasteiger partial charge in [0.05, 0.1) is 0 Å². The summed E-state index contributed by atoms with van der Waals surface area (Å²) < 4.78 is 24.5. The lowest BCUT2D eigenvalue weighted by Gasteiger charge is -2.04. The van der Waals surface area contributed by atoms with Crippen LogP contribution in [0, 0.1) is 0 Å². The van der Waals surface area contributed by atoms with Gasteiger partial charge in [-0.1, -0.05) is 6.92 Å². The molecule has 0 saturated heterocycles. The van der Waals surface area contributed by atoms with Gasteiger partial charge in [-0.2, -0.15) is 0 Å². The van der Waals surface area contributed by atoms with Gasteiger partial charge in [-0.15, -0.1) is 0 Å². The molecule has 1 aromatic carbocycles. The molecule has 0 unspecified atom stereocenters. The highest BCUT2D eigenvalue weighted by Gasteiger charge is 2.12. The van der Waals surface area contributed by atoms with Crippen molar-refractivity contribution in [3.8, 4) is 5.75 Å². The van der Waals surface area contributed by atoms with Gasteiger partial charge in [0, 0.05) is 17.5 Å². The monoisotopic (exact) mass is 200 g/mol. The third kappa shape index (κ3) is 2.28. The van der Waals surface area contributed by atoms with Gasteiger partial charge in [0.15, 0.2) is 5.78 Å². The summed E-state index contributed by atoms with van der Waals surface area (Å²) in [6.45, 7) is 1.63. The normalized spacial score (nSPS) is 10.6. The molecule has 0 aliphatic rings. The van der Waals surface area contributed by atoms with Crippen molar-refractivity contribution in [1.29, 1.82) is 0 Å². The molecule has 0 bridgehead atoms. The number of alkyl halides is 2. The summed E-state index contributed by atoms with van der Waals surface area (Å²) in [4.78, 5) is 11.2. The number of phenols is 1. The fourth-order valence-corrected chi connectivity index (χ4v) is 1.13. The second-order valence-electron chi connectivity index (χ2n) is 2.89. The summed E-state index contributed by atoms with van der Waals surface area (Å²) in [6.07, 6.45) is -2.45. The van der Waals surface area contributed by atoms with E-state index < -0.39 is 6.43 Å². The number of carbonyl (C=O) groups excluding carboxylic acids is 1. The van der Waals surface area contributed by atoms with Crippen LogP contribution in [0.4, 0.5) is 8.78 Å². The Labute approximate surface area is 80.2 Å². The van der Waals surface area contributed by atoms with Crippen molar-refractivity contribution in [2.75, 3.05) is 0 Å². The van der Waals surface area contributed by atoms with Crippen LogP contribution >= 0.6 is 0 Å². The molecule has 1 aromatic rings. The summed E-state index contributed by atoms with van der Waals surface area (Å²) in [6, 6.07) is 3.26. The summed E-state index contributed by atoms with van der Waals surface area (Å²) in [5.41, 5.74) is -0.204. The van der Waals surface area contributed by atoms with Gasteiger partial charge in [-0.05, 0) is 18.2 Å². The SMILES string of the molecule is CCC(=O)c1cc(O)cc(C(F)F)c1. The second-order valence-corrected chi connectivity index (χ2v) is 2.89. The Morgan fingerprint density at radius 1 is 1.43 bits per heavy atom. The lowest BCUT2D eigenvalue weighted by molar-refractivity contribution is 0.0987. The van der Waals surface area contributed by atoms with E-state index in [4.69, 9.17) is 5.11 Å². The van der Waals surface area contributed by atoms with Crippen molar-refractivity contribution >= 4 is 5.78 Å². The first-order valence-corrected chi connectivity index (χ1v) is 4.20. The number of hydrogen-bond donors (Lipinski definition) is 1. The molecule has 2 nitrogen and oxygen atoms in total. The highest BCUT2D eigenvalue weighted by atomic mass is 19.3. The number of ketones is 1. The molecule has 0 aromatic heterocycles. The molecule has 0 amide bonds. The van der Waals surface area contributed by atoms with Gasteiger partial charge in [0.2, 0.25) is 0 Å². The molecule has 76 valence electrons. The number of Topliss-reactive ketones (excluding diaryl/α,β-unsaturated/α-hetero) is 1. The lowest BCUT2D eigenvalue weighted by Crippen LogP contribution is -1.98. The average Bonchev–Trinajstić information content (AvgIpc) is 2.15. The molecule has 0 fully saturated rings. The number of aromatic hydroxyl groups is 1. The number of phenolic OH excluding ortho intramolecular Hbond substituents is 1. The number of hydrogen-bond acceptors (Lipinski definition) is 2. The van der Waals surface area contributed by atoms with Crippen molar-refractivity contribution < 1.29 is 18.7 Å². The molecule has 1 rings (SSSR count). The molecule has 0 aliphatic heterocycles. The van der Waals surface area contributed by atoms with Gasteiger partial charge in [0.1, 0.15) is 5.75 Å². The van der Waals surface area contributed by atoms with Gasteiger partial charge in [-0.25, -0.2) is 8.78 Å². The molecule has 1 N–H and O–H groups in total. The summed E-state index contributed by atoms with van der Waals surface area (Å²) in [5, 5.41) is 9.10. The molecule has 0 saturated carbocycles. The number of rotatable bonds is 3. The van der Waals surface area contributed by atoms with Gasteiger partial charge in [0.25, 0.3) is 6.43 Å². The highest BCUT2D eigenvalue weighted by Crippen LogP contribution is 2.25. The number of carbonyl (C=O) groups is 1. The van der Waals surface area contributed by atoms with Crippen LogP contribution in [0.15, 0.2) is 18.2 Å². The first kappa shape index (κ1) is 10.6. The van der Waals surface area contributed by atoms with E-state index >= 15 is 0 Å². The van der Waals surface area contributed by atoms with Crippen molar-refractivity contribution in [2.45, 2.75) is 19.8 Å². The smallest absolute Gasteiger partial charge is 0.264 e. The number of benzene rings is 1. The summed E-state index contributed by atoms with van der Waals surface area (Å²) >= 11 is 0. The molecular formula is C10H10F2O2. The molecule has 14 heavy (non-hydrogen) atoms. The van der Waals surface area contributed by atoms with Gasteiger partial charge >= 0.3 is 0 Å². The summed E-state index contributed by atoms with van der Waals surface area (Å²) in [5.74, 6) is -0.567. The zero-order valence-electron chi connectivity index (χ0n) is 7.63. The molecule has 4 heteroatoms. The minimum atomic E-state index is -2.68. The Morgan fingerprint density at radius 2 is 2.07 bits per heavy atom. The standard InChI is InChI=1S/C10H10F2O2/c1-2-9(14)6-3-7(10(11)12)5-8(13)4-6/h3-5,10,13H,2H2,1H3. The van der Waals surface area contributed by atoms with Crippen LogP contribution in [-0.2, 0) is 0 Å². The van der Waals surface area contributed by atoms with Crippen LogP contribution in [0.25, 0.3) is 0 Å². The first-order valence-electron chi connectivity index (χ1n) is 4.20. The third-order valence-electron chi connectivity index (χ3n) is 1.84. The fourth-order valence-electron chi connectivity index (χ4n) is 1.13. The Kier molecular flexibility index (Phi) is 3.17. The molecule has 0 atom stereocenters. The molecule has 0 heterocycles. The van der Waals surface area contributed by atoms with E-state index in [1.807, 2.05) is 0 Å². The predicted octanol–water partition coefficient (Wildman–Crippen LogP) is 2.92. The highest BCUT2D eigenvalue weighted by molar-refractivity contribution is 5.96. The first-order chi connectivity index (χ1) is 6.54. The van der Waals surface area contributed by atoms with E-state index in [1.54, 1.807) is 6.92 Å². The predicted molar refractivity (Wildman–Crippen MR) is 47.7 cm³/mol. The van der Waals surface area contributed by atoms with Crippen LogP contribution in [0.3, 0.4) is 0 Å². The summed E-state index contributed by atoms with van der Waals surface area (Å²) in [7, 11) is 0. The Morgan fingerprint density at radius 3 is 2.57 bits per heavy atom. The molecular weight excluding hydrogens is 190 g/mol. The van der Waals surface area contributed by atoms with Crippen LogP contribution in [0.5, 0.6) is 5.75 Å². The van der Waals surface area contributed by atoms with Crippen LogP contribution in [0.1, 0.15) is 35.7 Å². The fraction of sp³-hybridized carbons (Fsp3) is 0.300. The maximum atomic E-state index is 12.3. The van der Waals surface area contributed by atoms with Gasteiger partial charge in [-0.3, -0.25) is 4.79 Å². The quantitative estimate of drug-likeness (QED) is 0.761. The van der Waals surface area contributed by atoms with Crippen LogP contribution in [0.2, 0.25) is 0 Å². The van der Waals surface area contributed by atoms with Crippen molar-refractivity contribution in [2.24, 2.45) is 0 Å². The average molecular weight is 200 g/mol. The van der Waals surface area contributed by atoms with E-state index in [9.17, 15) is 13.6 Å². The van der Waals surface area contributed by atoms with Crippen LogP contribution < -0.4 is 0 Å². The maximum absolute atomic E-state index is 12.3. The zero-order valence-corrected chi connectivity index (χ0v) is 7.63. The van der Waals surface area contributed by atoms with Crippen molar-refractivity contribution in [3.63, 3.8) is 0 Å². The number of halogens is 2. The minimum Gasteiger partial charge on any atom is -0.508 e. The largest absolute Gasteiger partial charge is 0.508 e. The Hall–Kier alpha value is -1.45. The van der Waals surface area contributed by atoms with E-state index in [0.717, 1.165) is 12.1 Å². The molecule has 0 aliphatic carbocycles. The maximum Gasteiger partial charge on any atom is 0.264 e. The van der Waals surface area contributed by atoms with Gasteiger partial charge < -0.3 is 5.11 Å². The van der Waals surface area contributed by atoms with E-state index in [2.05, 4.69) is 0 Å². The molecule has 0 spiro atoms. The molecule has 0 radical (unpaired) electrons. The van der Waals surface area contributed by atoms with Crippen LogP contribution in [-0.4, -0.2) is 10.9 Å². The zero-order chi connectivity index (χ0) is 10.7. The van der Waals surface area contributed by atoms with Crippen molar-refractivity contribution in [1.82, 2.24) is 0 Å². The lowest BCUT2D eigenvalue weighted by atomic mass is 10.1. The minimum absolute atomic E-state index is 0.128. The van der Waals surface area contributed by atoms with E-state index in [0.29, 0.717) is 0 Å². The third-order valence-corrected chi connectivity index (χ3v) is 1.84. The topological polar surface area (TPSA) is 37.3 Å².